The first-order valence-electron chi connectivity index (χ1n) is 9.94. The van der Waals surface area contributed by atoms with Gasteiger partial charge in [-0.2, -0.15) is 0 Å². The summed E-state index contributed by atoms with van der Waals surface area (Å²) in [4.78, 5) is 26.3. The number of hydrogen-bond donors (Lipinski definition) is 2. The van der Waals surface area contributed by atoms with Crippen LogP contribution >= 0.6 is 0 Å². The van der Waals surface area contributed by atoms with Crippen molar-refractivity contribution in [1.82, 2.24) is 14.5 Å². The molecule has 0 amide bonds. The number of benzene rings is 2. The number of para-hydroxylation sites is 2. The summed E-state index contributed by atoms with van der Waals surface area (Å²) in [5.74, 6) is 0.466. The van der Waals surface area contributed by atoms with Crippen LogP contribution in [0, 0.1) is 0 Å². The quantitative estimate of drug-likeness (QED) is 0.527. The molecule has 0 radical (unpaired) electrons. The average Bonchev–Trinajstić information content (AvgIpc) is 3.28. The van der Waals surface area contributed by atoms with Crippen LogP contribution in [-0.2, 0) is 0 Å². The summed E-state index contributed by atoms with van der Waals surface area (Å²) in [5, 5.41) is 12.5. The Hall–Kier alpha value is -3.25. The molecule has 6 nitrogen and oxygen atoms in total. The van der Waals surface area contributed by atoms with Crippen LogP contribution in [0.5, 0.6) is 0 Å². The lowest BCUT2D eigenvalue weighted by molar-refractivity contribution is 0.166. The SMILES string of the molecule is CC1=NCC(C2CC(O)c3nc4ccccc4c(=O)n32)c2c1[nH]c1ccccc21. The molecule has 2 aromatic heterocycles. The van der Waals surface area contributed by atoms with Crippen LogP contribution < -0.4 is 5.56 Å². The van der Waals surface area contributed by atoms with Gasteiger partial charge in [0.05, 0.1) is 28.4 Å². The summed E-state index contributed by atoms with van der Waals surface area (Å²) in [7, 11) is 0. The number of aromatic nitrogens is 3. The lowest BCUT2D eigenvalue weighted by Crippen LogP contribution is -2.30. The monoisotopic (exact) mass is 384 g/mol. The van der Waals surface area contributed by atoms with Crippen LogP contribution in [0.2, 0.25) is 0 Å². The fourth-order valence-corrected chi connectivity index (χ4v) is 5.06. The number of aromatic amines is 1. The fourth-order valence-electron chi connectivity index (χ4n) is 5.06. The van der Waals surface area contributed by atoms with Crippen molar-refractivity contribution >= 4 is 27.5 Å². The Kier molecular flexibility index (Phi) is 3.38. The van der Waals surface area contributed by atoms with Crippen LogP contribution in [0.4, 0.5) is 0 Å². The lowest BCUT2D eigenvalue weighted by atomic mass is 9.85. The molecule has 4 aromatic rings. The normalized spacial score (nSPS) is 23.2. The Morgan fingerprint density at radius 1 is 1.10 bits per heavy atom. The van der Waals surface area contributed by atoms with Crippen LogP contribution in [0.3, 0.4) is 0 Å². The predicted octanol–water partition coefficient (Wildman–Crippen LogP) is 3.46. The third-order valence-corrected chi connectivity index (χ3v) is 6.40. The van der Waals surface area contributed by atoms with Gasteiger partial charge in [0, 0.05) is 29.8 Å². The maximum absolute atomic E-state index is 13.4. The molecule has 3 atom stereocenters. The molecular weight excluding hydrogens is 364 g/mol. The zero-order chi connectivity index (χ0) is 19.7. The van der Waals surface area contributed by atoms with Crippen LogP contribution in [0.25, 0.3) is 21.8 Å². The lowest BCUT2D eigenvalue weighted by Gasteiger charge is -2.28. The van der Waals surface area contributed by atoms with Crippen molar-refractivity contribution in [2.45, 2.75) is 31.4 Å². The van der Waals surface area contributed by atoms with E-state index in [2.05, 4.69) is 22.1 Å². The zero-order valence-electron chi connectivity index (χ0n) is 16.0. The van der Waals surface area contributed by atoms with Crippen molar-refractivity contribution < 1.29 is 5.11 Å². The molecule has 6 heteroatoms. The van der Waals surface area contributed by atoms with Gasteiger partial charge in [0.2, 0.25) is 0 Å². The first-order valence-corrected chi connectivity index (χ1v) is 9.94. The highest BCUT2D eigenvalue weighted by molar-refractivity contribution is 6.05. The fraction of sp³-hybridized carbons (Fsp3) is 0.261. The Labute approximate surface area is 166 Å². The minimum absolute atomic E-state index is 0.00131. The molecule has 0 saturated carbocycles. The van der Waals surface area contributed by atoms with E-state index in [1.165, 1.54) is 5.56 Å². The van der Waals surface area contributed by atoms with Crippen LogP contribution in [0.1, 0.15) is 48.5 Å². The van der Waals surface area contributed by atoms with Gasteiger partial charge in [0.25, 0.3) is 5.56 Å². The number of fused-ring (bicyclic) bond motifs is 5. The molecule has 6 rings (SSSR count). The summed E-state index contributed by atoms with van der Waals surface area (Å²) >= 11 is 0. The average molecular weight is 384 g/mol. The number of rotatable bonds is 1. The van der Waals surface area contributed by atoms with Gasteiger partial charge in [-0.15, -0.1) is 0 Å². The summed E-state index contributed by atoms with van der Waals surface area (Å²) in [6.45, 7) is 2.61. The van der Waals surface area contributed by atoms with E-state index in [1.54, 1.807) is 10.6 Å². The largest absolute Gasteiger partial charge is 0.385 e. The number of hydrogen-bond acceptors (Lipinski definition) is 4. The van der Waals surface area contributed by atoms with E-state index in [9.17, 15) is 9.90 Å². The van der Waals surface area contributed by atoms with Crippen molar-refractivity contribution in [2.24, 2.45) is 4.99 Å². The van der Waals surface area contributed by atoms with Gasteiger partial charge in [-0.1, -0.05) is 30.3 Å². The number of nitrogens with one attached hydrogen (secondary N) is 1. The second-order valence-corrected chi connectivity index (χ2v) is 7.97. The highest BCUT2D eigenvalue weighted by atomic mass is 16.3. The molecule has 2 aromatic carbocycles. The van der Waals surface area contributed by atoms with Crippen molar-refractivity contribution in [2.75, 3.05) is 6.54 Å². The molecule has 0 saturated heterocycles. The molecular formula is C23H20N4O2. The minimum Gasteiger partial charge on any atom is -0.385 e. The first-order chi connectivity index (χ1) is 14.1. The second kappa shape index (κ2) is 5.87. The number of aliphatic hydroxyl groups excluding tert-OH is 1. The van der Waals surface area contributed by atoms with Gasteiger partial charge in [-0.25, -0.2) is 4.98 Å². The van der Waals surface area contributed by atoms with Gasteiger partial charge in [0.15, 0.2) is 0 Å². The summed E-state index contributed by atoms with van der Waals surface area (Å²) < 4.78 is 1.72. The van der Waals surface area contributed by atoms with Gasteiger partial charge in [-0.05, 0) is 30.7 Å². The maximum Gasteiger partial charge on any atom is 0.261 e. The van der Waals surface area contributed by atoms with E-state index in [0.717, 1.165) is 22.3 Å². The highest BCUT2D eigenvalue weighted by Crippen LogP contribution is 2.45. The van der Waals surface area contributed by atoms with Crippen molar-refractivity contribution in [3.63, 3.8) is 0 Å². The highest BCUT2D eigenvalue weighted by Gasteiger charge is 2.41. The number of aliphatic hydroxyl groups is 1. The Balaban J connectivity index is 1.60. The molecule has 0 aliphatic carbocycles. The van der Waals surface area contributed by atoms with Crippen molar-refractivity contribution in [3.8, 4) is 0 Å². The number of aliphatic imine (C=N–C) groups is 1. The van der Waals surface area contributed by atoms with Crippen LogP contribution in [-0.4, -0.2) is 31.9 Å². The molecule has 0 fully saturated rings. The zero-order valence-corrected chi connectivity index (χ0v) is 16.0. The molecule has 144 valence electrons. The van der Waals surface area contributed by atoms with Gasteiger partial charge >= 0.3 is 0 Å². The summed E-state index contributed by atoms with van der Waals surface area (Å²) in [6, 6.07) is 15.4. The Morgan fingerprint density at radius 2 is 1.86 bits per heavy atom. The maximum atomic E-state index is 13.4. The number of H-pyrrole nitrogens is 1. The topological polar surface area (TPSA) is 83.3 Å². The van der Waals surface area contributed by atoms with E-state index < -0.39 is 6.10 Å². The third-order valence-electron chi connectivity index (χ3n) is 6.40. The van der Waals surface area contributed by atoms with Gasteiger partial charge in [-0.3, -0.25) is 14.4 Å². The molecule has 3 unspecified atom stereocenters. The predicted molar refractivity (Wildman–Crippen MR) is 113 cm³/mol. The molecule has 2 N–H and O–H groups in total. The van der Waals surface area contributed by atoms with E-state index in [-0.39, 0.29) is 17.5 Å². The first kappa shape index (κ1) is 16.7. The van der Waals surface area contributed by atoms with Crippen LogP contribution in [0.15, 0.2) is 58.3 Å². The van der Waals surface area contributed by atoms with Crippen molar-refractivity contribution in [1.29, 1.82) is 0 Å². The van der Waals surface area contributed by atoms with Gasteiger partial charge < -0.3 is 10.1 Å². The van der Waals surface area contributed by atoms with E-state index in [1.807, 2.05) is 37.3 Å². The van der Waals surface area contributed by atoms with Gasteiger partial charge in [0.1, 0.15) is 11.9 Å². The smallest absolute Gasteiger partial charge is 0.261 e. The minimum atomic E-state index is -0.752. The Morgan fingerprint density at radius 3 is 2.72 bits per heavy atom. The van der Waals surface area contributed by atoms with E-state index in [4.69, 9.17) is 4.99 Å². The second-order valence-electron chi connectivity index (χ2n) is 7.97. The van der Waals surface area contributed by atoms with E-state index >= 15 is 0 Å². The molecule has 0 bridgehead atoms. The van der Waals surface area contributed by atoms with E-state index in [0.29, 0.717) is 29.7 Å². The van der Waals surface area contributed by atoms with Crippen molar-refractivity contribution in [3.05, 3.63) is 76.0 Å². The number of nitrogens with zero attached hydrogens (tertiary/aromatic N) is 3. The summed E-state index contributed by atoms with van der Waals surface area (Å²) in [6.07, 6.45) is -0.283. The molecule has 29 heavy (non-hydrogen) atoms. The molecule has 0 spiro atoms. The summed E-state index contributed by atoms with van der Waals surface area (Å²) in [5.41, 5.74) is 4.83. The molecule has 4 heterocycles. The molecule has 2 aliphatic rings. The Bertz CT molecular complexity index is 1380. The third kappa shape index (κ3) is 2.23. The molecule has 2 aliphatic heterocycles. The standard InChI is InChI=1S/C23H20N4O2/c1-12-21-20(13-6-2-4-8-16(13)25-21)15(11-24-12)18-10-19(28)22-26-17-9-5-3-7-14(17)23(29)27(18)22/h2-9,15,18-19,25,28H,10-11H2,1H3.